The molecule has 0 aromatic carbocycles. The van der Waals surface area contributed by atoms with Gasteiger partial charge in [-0.25, -0.2) is 0 Å². The maximum atomic E-state index is 4.58. The van der Waals surface area contributed by atoms with Crippen LogP contribution in [0.25, 0.3) is 0 Å². The van der Waals surface area contributed by atoms with E-state index in [9.17, 15) is 0 Å². The van der Waals surface area contributed by atoms with E-state index in [-0.39, 0.29) is 0 Å². The summed E-state index contributed by atoms with van der Waals surface area (Å²) in [6, 6.07) is 0. The first kappa shape index (κ1) is 14.0. The summed E-state index contributed by atoms with van der Waals surface area (Å²) in [6.45, 7) is 13.5. The molecule has 19 heavy (non-hydrogen) atoms. The predicted molar refractivity (Wildman–Crippen MR) is 84.7 cm³/mol. The third-order valence-electron chi connectivity index (χ3n) is 4.39. The number of rotatable bonds is 4. The molecular formula is C18H25N. The van der Waals surface area contributed by atoms with E-state index >= 15 is 0 Å². The van der Waals surface area contributed by atoms with Gasteiger partial charge in [-0.3, -0.25) is 4.99 Å². The highest BCUT2D eigenvalue weighted by Gasteiger charge is 2.54. The first-order valence-electron chi connectivity index (χ1n) is 7.29. The molecule has 1 heteroatoms. The van der Waals surface area contributed by atoms with Crippen LogP contribution >= 0.6 is 0 Å². The zero-order valence-corrected chi connectivity index (χ0v) is 12.7. The molecule has 0 N–H and O–H groups in total. The molecule has 0 aromatic rings. The van der Waals surface area contributed by atoms with Gasteiger partial charge in [0.2, 0.25) is 0 Å². The first-order chi connectivity index (χ1) is 9.05. The Bertz CT molecular complexity index is 508. The van der Waals surface area contributed by atoms with E-state index in [0.29, 0.717) is 5.41 Å². The molecule has 2 saturated carbocycles. The van der Waals surface area contributed by atoms with E-state index in [0.717, 1.165) is 18.7 Å². The summed E-state index contributed by atoms with van der Waals surface area (Å²) in [5.41, 5.74) is 7.16. The predicted octanol–water partition coefficient (Wildman–Crippen LogP) is 5.03. The highest BCUT2D eigenvalue weighted by molar-refractivity contribution is 6.02. The van der Waals surface area contributed by atoms with E-state index in [4.69, 9.17) is 0 Å². The summed E-state index contributed by atoms with van der Waals surface area (Å²) in [4.78, 5) is 4.58. The van der Waals surface area contributed by atoms with Gasteiger partial charge in [0.15, 0.2) is 0 Å². The van der Waals surface area contributed by atoms with Crippen molar-refractivity contribution in [3.63, 3.8) is 0 Å². The van der Waals surface area contributed by atoms with Crippen molar-refractivity contribution < 1.29 is 0 Å². The fourth-order valence-corrected chi connectivity index (χ4v) is 3.02. The molecule has 0 amide bonds. The Labute approximate surface area is 117 Å². The van der Waals surface area contributed by atoms with Gasteiger partial charge in [0.05, 0.1) is 0 Å². The molecule has 0 atom stereocenters. The monoisotopic (exact) mass is 255 g/mol. The lowest BCUT2D eigenvalue weighted by Crippen LogP contribution is -2.21. The van der Waals surface area contributed by atoms with Gasteiger partial charge < -0.3 is 0 Å². The second kappa shape index (κ2) is 5.32. The zero-order valence-electron chi connectivity index (χ0n) is 12.7. The SMILES string of the molecule is C=C1C\C(=C/C(C(C)=NCC)=C(C)\C=C\C)C12CC2. The van der Waals surface area contributed by atoms with Gasteiger partial charge in [0.1, 0.15) is 0 Å². The van der Waals surface area contributed by atoms with Gasteiger partial charge in [-0.1, -0.05) is 36.0 Å². The lowest BCUT2D eigenvalue weighted by Gasteiger charge is -2.34. The van der Waals surface area contributed by atoms with Crippen LogP contribution in [-0.4, -0.2) is 12.3 Å². The Hall–Kier alpha value is -1.37. The minimum Gasteiger partial charge on any atom is -0.290 e. The fourth-order valence-electron chi connectivity index (χ4n) is 3.02. The van der Waals surface area contributed by atoms with Gasteiger partial charge in [-0.2, -0.15) is 0 Å². The average Bonchev–Trinajstić information content (AvgIpc) is 3.17. The van der Waals surface area contributed by atoms with E-state index in [2.05, 4.69) is 57.5 Å². The molecule has 0 aromatic heterocycles. The summed E-state index contributed by atoms with van der Waals surface area (Å²) in [5.74, 6) is 0. The molecule has 0 heterocycles. The maximum Gasteiger partial charge on any atom is 0.0392 e. The zero-order chi connectivity index (χ0) is 14.0. The lowest BCUT2D eigenvalue weighted by atomic mass is 9.70. The van der Waals surface area contributed by atoms with Crippen LogP contribution in [0.4, 0.5) is 0 Å². The number of hydrogen-bond donors (Lipinski definition) is 0. The molecule has 2 aliphatic rings. The molecule has 0 aliphatic heterocycles. The van der Waals surface area contributed by atoms with Gasteiger partial charge in [0, 0.05) is 17.7 Å². The van der Waals surface area contributed by atoms with Crippen LogP contribution in [0, 0.1) is 5.41 Å². The number of hydrogen-bond acceptors (Lipinski definition) is 1. The van der Waals surface area contributed by atoms with Crippen molar-refractivity contribution in [1.82, 2.24) is 0 Å². The van der Waals surface area contributed by atoms with Gasteiger partial charge in [0.25, 0.3) is 0 Å². The van der Waals surface area contributed by atoms with Crippen LogP contribution in [0.15, 0.2) is 52.1 Å². The minimum absolute atomic E-state index is 0.397. The van der Waals surface area contributed by atoms with Crippen molar-refractivity contribution in [3.05, 3.63) is 47.1 Å². The molecule has 102 valence electrons. The largest absolute Gasteiger partial charge is 0.290 e. The quantitative estimate of drug-likeness (QED) is 0.380. The van der Waals surface area contributed by atoms with E-state index in [1.54, 1.807) is 5.57 Å². The van der Waals surface area contributed by atoms with Crippen LogP contribution in [0.5, 0.6) is 0 Å². The summed E-state index contributed by atoms with van der Waals surface area (Å²) in [7, 11) is 0. The topological polar surface area (TPSA) is 12.4 Å². The molecular weight excluding hydrogens is 230 g/mol. The Morgan fingerprint density at radius 1 is 1.37 bits per heavy atom. The number of aliphatic imine (C=N–C) groups is 1. The lowest BCUT2D eigenvalue weighted by molar-refractivity contribution is 0.580. The van der Waals surface area contributed by atoms with Crippen molar-refractivity contribution in [1.29, 1.82) is 0 Å². The average molecular weight is 255 g/mol. The summed E-state index contributed by atoms with van der Waals surface area (Å²) in [6.07, 6.45) is 10.3. The van der Waals surface area contributed by atoms with E-state index in [1.165, 1.54) is 29.6 Å². The molecule has 0 unspecified atom stereocenters. The highest BCUT2D eigenvalue weighted by Crippen LogP contribution is 2.67. The smallest absolute Gasteiger partial charge is 0.0392 e. The molecule has 1 nitrogen and oxygen atoms in total. The fraction of sp³-hybridized carbons (Fsp3) is 0.500. The van der Waals surface area contributed by atoms with Crippen molar-refractivity contribution >= 4 is 5.71 Å². The summed E-state index contributed by atoms with van der Waals surface area (Å²) < 4.78 is 0. The Morgan fingerprint density at radius 2 is 2.05 bits per heavy atom. The van der Waals surface area contributed by atoms with Gasteiger partial charge in [-0.15, -0.1) is 0 Å². The summed E-state index contributed by atoms with van der Waals surface area (Å²) in [5, 5.41) is 0. The first-order valence-corrected chi connectivity index (χ1v) is 7.29. The summed E-state index contributed by atoms with van der Waals surface area (Å²) >= 11 is 0. The standard InChI is InChI=1S/C18H25N/c1-6-8-13(3)17(15(5)19-7-2)12-16-11-14(4)18(16)9-10-18/h6,8,12H,4,7,9-11H2,1-3,5H3/b8-6+,16-12+,17-13+,19-15?. The Balaban J connectivity index is 2.35. The van der Waals surface area contributed by atoms with Crippen LogP contribution in [0.1, 0.15) is 47.0 Å². The van der Waals surface area contributed by atoms with Crippen molar-refractivity contribution in [2.45, 2.75) is 47.0 Å². The Morgan fingerprint density at radius 3 is 2.53 bits per heavy atom. The molecule has 2 aliphatic carbocycles. The third-order valence-corrected chi connectivity index (χ3v) is 4.39. The number of allylic oxidation sites excluding steroid dienone is 7. The second-order valence-corrected chi connectivity index (χ2v) is 5.69. The van der Waals surface area contributed by atoms with Gasteiger partial charge in [-0.05, 0) is 58.1 Å². The van der Waals surface area contributed by atoms with Crippen LogP contribution in [0.3, 0.4) is 0 Å². The van der Waals surface area contributed by atoms with Crippen LogP contribution in [-0.2, 0) is 0 Å². The van der Waals surface area contributed by atoms with E-state index in [1.807, 2.05) is 0 Å². The molecule has 2 fully saturated rings. The van der Waals surface area contributed by atoms with Crippen LogP contribution in [0.2, 0.25) is 0 Å². The molecule has 0 bridgehead atoms. The highest BCUT2D eigenvalue weighted by atomic mass is 14.7. The van der Waals surface area contributed by atoms with Crippen molar-refractivity contribution in [2.75, 3.05) is 6.54 Å². The van der Waals surface area contributed by atoms with Crippen LogP contribution < -0.4 is 0 Å². The third kappa shape index (κ3) is 2.51. The van der Waals surface area contributed by atoms with Crippen molar-refractivity contribution in [3.8, 4) is 0 Å². The number of nitrogens with zero attached hydrogens (tertiary/aromatic N) is 1. The molecule has 2 rings (SSSR count). The normalized spacial score (nSPS) is 24.9. The molecule has 1 spiro atoms. The van der Waals surface area contributed by atoms with Crippen molar-refractivity contribution in [2.24, 2.45) is 10.4 Å². The minimum atomic E-state index is 0.397. The van der Waals surface area contributed by atoms with Gasteiger partial charge >= 0.3 is 0 Å². The molecule has 0 radical (unpaired) electrons. The Kier molecular flexibility index (Phi) is 3.93. The molecule has 0 saturated heterocycles. The van der Waals surface area contributed by atoms with E-state index < -0.39 is 0 Å². The maximum absolute atomic E-state index is 4.58. The second-order valence-electron chi connectivity index (χ2n) is 5.69.